The lowest BCUT2D eigenvalue weighted by atomic mass is 9.91. The summed E-state index contributed by atoms with van der Waals surface area (Å²) >= 11 is 0. The first-order chi connectivity index (χ1) is 9.49. The molecule has 3 rings (SSSR count). The monoisotopic (exact) mass is 272 g/mol. The van der Waals surface area contributed by atoms with E-state index in [1.54, 1.807) is 0 Å². The molecule has 20 heavy (non-hydrogen) atoms. The number of nitrogens with zero attached hydrogens (tertiary/aromatic N) is 4. The van der Waals surface area contributed by atoms with Gasteiger partial charge in [-0.2, -0.15) is 0 Å². The van der Waals surface area contributed by atoms with E-state index in [4.69, 9.17) is 0 Å². The van der Waals surface area contributed by atoms with Crippen LogP contribution >= 0.6 is 0 Å². The third-order valence-electron chi connectivity index (χ3n) is 4.32. The van der Waals surface area contributed by atoms with Crippen LogP contribution in [0.5, 0.6) is 0 Å². The summed E-state index contributed by atoms with van der Waals surface area (Å²) in [4.78, 5) is 11.6. The Kier molecular flexibility index (Phi) is 3.28. The van der Waals surface area contributed by atoms with E-state index in [0.29, 0.717) is 6.04 Å². The molecule has 2 aromatic rings. The fraction of sp³-hybridized carbons (Fsp3) is 0.625. The van der Waals surface area contributed by atoms with Gasteiger partial charge in [0.2, 0.25) is 0 Å². The van der Waals surface area contributed by atoms with Gasteiger partial charge in [-0.1, -0.05) is 27.7 Å². The number of fused-ring (bicyclic) bond motifs is 1. The lowest BCUT2D eigenvalue weighted by molar-refractivity contribution is 0.342. The van der Waals surface area contributed by atoms with Crippen molar-refractivity contribution >= 4 is 11.0 Å². The van der Waals surface area contributed by atoms with Crippen molar-refractivity contribution in [1.82, 2.24) is 19.4 Å². The zero-order valence-electron chi connectivity index (χ0n) is 12.9. The van der Waals surface area contributed by atoms with Crippen LogP contribution in [0.4, 0.5) is 0 Å². The van der Waals surface area contributed by atoms with E-state index >= 15 is 0 Å². The minimum Gasteiger partial charge on any atom is -0.326 e. The van der Waals surface area contributed by atoms with Crippen molar-refractivity contribution in [2.24, 2.45) is 0 Å². The highest BCUT2D eigenvalue weighted by molar-refractivity contribution is 5.75. The molecule has 1 aliphatic rings. The van der Waals surface area contributed by atoms with Crippen molar-refractivity contribution in [1.29, 1.82) is 0 Å². The second kappa shape index (κ2) is 4.85. The molecule has 1 fully saturated rings. The van der Waals surface area contributed by atoms with E-state index in [9.17, 15) is 0 Å². The molecule has 108 valence electrons. The number of hydrogen-bond donors (Lipinski definition) is 0. The van der Waals surface area contributed by atoms with Gasteiger partial charge >= 0.3 is 0 Å². The van der Waals surface area contributed by atoms with Crippen LogP contribution in [0.25, 0.3) is 11.0 Å². The first kappa shape index (κ1) is 13.6. The molecule has 0 unspecified atom stereocenters. The van der Waals surface area contributed by atoms with E-state index in [-0.39, 0.29) is 5.41 Å². The summed E-state index contributed by atoms with van der Waals surface area (Å²) in [6.45, 7) is 12.3. The Bertz CT molecular complexity index is 608. The second-order valence-corrected chi connectivity index (χ2v) is 6.80. The number of likely N-dealkylation sites (tertiary alicyclic amines) is 1. The Hall–Kier alpha value is -1.42. The Morgan fingerprint density at radius 3 is 2.75 bits per heavy atom. The van der Waals surface area contributed by atoms with Crippen LogP contribution in [0.1, 0.15) is 45.9 Å². The summed E-state index contributed by atoms with van der Waals surface area (Å²) in [5.41, 5.74) is 3.45. The molecule has 1 atom stereocenters. The van der Waals surface area contributed by atoms with Gasteiger partial charge in [-0.3, -0.25) is 4.98 Å². The van der Waals surface area contributed by atoms with Crippen molar-refractivity contribution in [3.63, 3.8) is 0 Å². The summed E-state index contributed by atoms with van der Waals surface area (Å²) in [5.74, 6) is 0. The molecule has 4 nitrogen and oxygen atoms in total. The maximum absolute atomic E-state index is 4.56. The zero-order valence-corrected chi connectivity index (χ0v) is 12.9. The quantitative estimate of drug-likeness (QED) is 0.843. The maximum atomic E-state index is 4.56. The smallest absolute Gasteiger partial charge is 0.107 e. The fourth-order valence-electron chi connectivity index (χ4n) is 2.96. The summed E-state index contributed by atoms with van der Waals surface area (Å²) in [7, 11) is 0. The maximum Gasteiger partial charge on any atom is 0.107 e. The zero-order chi connectivity index (χ0) is 14.3. The van der Waals surface area contributed by atoms with Gasteiger partial charge in [0.15, 0.2) is 0 Å². The number of likely N-dealkylation sites (N-methyl/N-ethyl adjacent to an activating group) is 1. The summed E-state index contributed by atoms with van der Waals surface area (Å²) in [5, 5.41) is 0. The number of aromatic nitrogens is 3. The van der Waals surface area contributed by atoms with E-state index < -0.39 is 0 Å². The Morgan fingerprint density at radius 2 is 2.10 bits per heavy atom. The number of pyridine rings is 1. The standard InChI is InChI=1S/C16H24N4/c1-5-19-7-6-12(10-19)20-11-18-13-9-17-15(8-14(13)20)16(2,3)4/h8-9,11-12H,5-7,10H2,1-4H3/t12-/m1/s1. The van der Waals surface area contributed by atoms with Crippen LogP contribution in [0.15, 0.2) is 18.6 Å². The minimum atomic E-state index is 0.0778. The van der Waals surface area contributed by atoms with Gasteiger partial charge in [0.1, 0.15) is 5.52 Å². The van der Waals surface area contributed by atoms with Crippen LogP contribution in [0.3, 0.4) is 0 Å². The fourth-order valence-corrected chi connectivity index (χ4v) is 2.96. The lowest BCUT2D eigenvalue weighted by Gasteiger charge is -2.19. The third kappa shape index (κ3) is 2.33. The molecule has 0 spiro atoms. The Labute approximate surface area is 120 Å². The molecule has 0 saturated carbocycles. The van der Waals surface area contributed by atoms with Crippen LogP contribution in [0.2, 0.25) is 0 Å². The van der Waals surface area contributed by atoms with Gasteiger partial charge < -0.3 is 9.47 Å². The van der Waals surface area contributed by atoms with Crippen molar-refractivity contribution in [2.45, 2.75) is 45.6 Å². The van der Waals surface area contributed by atoms with Gasteiger partial charge in [0.05, 0.1) is 18.0 Å². The molecule has 2 aromatic heterocycles. The molecule has 0 N–H and O–H groups in total. The van der Waals surface area contributed by atoms with E-state index in [0.717, 1.165) is 24.3 Å². The molecular weight excluding hydrogens is 248 g/mol. The molecule has 1 aliphatic heterocycles. The average molecular weight is 272 g/mol. The molecule has 0 bridgehead atoms. The van der Waals surface area contributed by atoms with E-state index in [2.05, 4.69) is 53.2 Å². The topological polar surface area (TPSA) is 34.0 Å². The third-order valence-corrected chi connectivity index (χ3v) is 4.32. The van der Waals surface area contributed by atoms with Crippen LogP contribution in [0, 0.1) is 0 Å². The van der Waals surface area contributed by atoms with Gasteiger partial charge in [0, 0.05) is 30.2 Å². The Balaban J connectivity index is 2.00. The highest BCUT2D eigenvalue weighted by atomic mass is 15.2. The highest BCUT2D eigenvalue weighted by Crippen LogP contribution is 2.28. The van der Waals surface area contributed by atoms with Gasteiger partial charge in [-0.05, 0) is 19.0 Å². The Morgan fingerprint density at radius 1 is 1.30 bits per heavy atom. The first-order valence-corrected chi connectivity index (χ1v) is 7.54. The van der Waals surface area contributed by atoms with Gasteiger partial charge in [-0.15, -0.1) is 0 Å². The second-order valence-electron chi connectivity index (χ2n) is 6.80. The normalized spacial score (nSPS) is 20.9. The molecule has 3 heterocycles. The molecule has 0 radical (unpaired) electrons. The molecular formula is C16H24N4. The molecule has 0 amide bonds. The van der Waals surface area contributed by atoms with Gasteiger partial charge in [-0.25, -0.2) is 4.98 Å². The largest absolute Gasteiger partial charge is 0.326 e. The summed E-state index contributed by atoms with van der Waals surface area (Å²) in [6.07, 6.45) is 5.12. The van der Waals surface area contributed by atoms with E-state index in [1.807, 2.05) is 12.5 Å². The van der Waals surface area contributed by atoms with Crippen molar-refractivity contribution in [3.8, 4) is 0 Å². The number of imidazole rings is 1. The SMILES string of the molecule is CCN1CC[C@@H](n2cnc3cnc(C(C)(C)C)cc32)C1. The molecule has 1 saturated heterocycles. The molecule has 0 aliphatic carbocycles. The number of rotatable bonds is 2. The van der Waals surface area contributed by atoms with E-state index in [1.165, 1.54) is 18.5 Å². The van der Waals surface area contributed by atoms with Crippen molar-refractivity contribution in [2.75, 3.05) is 19.6 Å². The lowest BCUT2D eigenvalue weighted by Crippen LogP contribution is -2.20. The van der Waals surface area contributed by atoms with Gasteiger partial charge in [0.25, 0.3) is 0 Å². The predicted octanol–water partition coefficient (Wildman–Crippen LogP) is 3.00. The van der Waals surface area contributed by atoms with Crippen LogP contribution in [-0.4, -0.2) is 39.1 Å². The minimum absolute atomic E-state index is 0.0778. The first-order valence-electron chi connectivity index (χ1n) is 7.54. The van der Waals surface area contributed by atoms with Crippen molar-refractivity contribution in [3.05, 3.63) is 24.3 Å². The summed E-state index contributed by atoms with van der Waals surface area (Å²) < 4.78 is 2.35. The predicted molar refractivity (Wildman–Crippen MR) is 82.0 cm³/mol. The highest BCUT2D eigenvalue weighted by Gasteiger charge is 2.24. The average Bonchev–Trinajstić information content (AvgIpc) is 3.02. The molecule has 4 heteroatoms. The number of hydrogen-bond acceptors (Lipinski definition) is 3. The van der Waals surface area contributed by atoms with Crippen LogP contribution < -0.4 is 0 Å². The van der Waals surface area contributed by atoms with Crippen molar-refractivity contribution < 1.29 is 0 Å². The van der Waals surface area contributed by atoms with Crippen LogP contribution in [-0.2, 0) is 5.41 Å². The molecule has 0 aromatic carbocycles. The summed E-state index contributed by atoms with van der Waals surface area (Å²) in [6, 6.07) is 2.77.